The molecule has 0 radical (unpaired) electrons. The number of halogens is 1. The molecule has 0 aliphatic carbocycles. The van der Waals surface area contributed by atoms with E-state index < -0.39 is 5.97 Å². The van der Waals surface area contributed by atoms with Crippen LogP contribution in [0.15, 0.2) is 22.7 Å². The van der Waals surface area contributed by atoms with Crippen LogP contribution in [-0.4, -0.2) is 16.2 Å². The van der Waals surface area contributed by atoms with Gasteiger partial charge in [-0.15, -0.1) is 0 Å². The molecule has 0 aromatic heterocycles. The van der Waals surface area contributed by atoms with Gasteiger partial charge in [-0.25, -0.2) is 4.79 Å². The summed E-state index contributed by atoms with van der Waals surface area (Å²) in [5.74, 6) is -1.36. The molecule has 0 atom stereocenters. The fourth-order valence-electron chi connectivity index (χ4n) is 0.680. The number of hydrogen-bond acceptors (Lipinski definition) is 2. The molecule has 0 fully saturated rings. The van der Waals surface area contributed by atoms with Crippen LogP contribution in [0.5, 0.6) is 5.75 Å². The average Bonchev–Trinajstić information content (AvgIpc) is 1.94. The van der Waals surface area contributed by atoms with Gasteiger partial charge in [-0.2, -0.15) is 0 Å². The van der Waals surface area contributed by atoms with Gasteiger partial charge in [0.1, 0.15) is 11.3 Å². The molecule has 1 aromatic carbocycles. The molecule has 1 aromatic rings. The summed E-state index contributed by atoms with van der Waals surface area (Å²) in [5, 5.41) is 17.5. The first-order valence-electron chi connectivity index (χ1n) is 2.83. The molecule has 0 aliphatic rings. The van der Waals surface area contributed by atoms with E-state index in [0.29, 0.717) is 4.47 Å². The summed E-state index contributed by atoms with van der Waals surface area (Å²) in [4.78, 5) is 10.4. The Morgan fingerprint density at radius 3 is 2.50 bits per heavy atom. The fourth-order valence-corrected chi connectivity index (χ4v) is 1.04. The Kier molecular flexibility index (Phi) is 4.39. The summed E-state index contributed by atoms with van der Waals surface area (Å²) < 4.78 is 0.632. The summed E-state index contributed by atoms with van der Waals surface area (Å²) in [6, 6.07) is 4.24. The summed E-state index contributed by atoms with van der Waals surface area (Å²) in [6.45, 7) is 0. The smallest absolute Gasteiger partial charge is 1.00 e. The number of carboxylic acid groups (broad SMARTS) is 1. The molecule has 0 heterocycles. The summed E-state index contributed by atoms with van der Waals surface area (Å²) in [5.41, 5.74) is -0.0978. The van der Waals surface area contributed by atoms with E-state index in [9.17, 15) is 4.79 Å². The summed E-state index contributed by atoms with van der Waals surface area (Å²) in [7, 11) is 0. The maximum Gasteiger partial charge on any atom is 1.00 e. The molecule has 0 aliphatic heterocycles. The van der Waals surface area contributed by atoms with Crippen molar-refractivity contribution in [2.24, 2.45) is 0 Å². The van der Waals surface area contributed by atoms with E-state index in [1.165, 1.54) is 12.1 Å². The van der Waals surface area contributed by atoms with Crippen molar-refractivity contribution in [1.29, 1.82) is 0 Å². The molecule has 3 nitrogen and oxygen atoms in total. The van der Waals surface area contributed by atoms with Crippen LogP contribution in [0.25, 0.3) is 0 Å². The molecule has 12 heavy (non-hydrogen) atoms. The number of rotatable bonds is 1. The SMILES string of the molecule is O=C(O)c1cc(Br)ccc1O.[H-].[Li+]. The third-order valence-corrected chi connectivity index (χ3v) is 1.68. The number of aromatic carboxylic acids is 1. The fraction of sp³-hybridized carbons (Fsp3) is 0. The largest absolute Gasteiger partial charge is 1.00 e. The molecule has 0 saturated carbocycles. The first kappa shape index (κ1) is 11.6. The monoisotopic (exact) mass is 224 g/mol. The Labute approximate surface area is 91.2 Å². The maximum absolute atomic E-state index is 10.4. The first-order chi connectivity index (χ1) is 5.11. The molecule has 0 bridgehead atoms. The molecular formula is C7H6BrLiO3. The minimum atomic E-state index is -1.14. The molecule has 60 valence electrons. The van der Waals surface area contributed by atoms with Crippen molar-refractivity contribution in [3.63, 3.8) is 0 Å². The van der Waals surface area contributed by atoms with E-state index in [2.05, 4.69) is 15.9 Å². The second kappa shape index (κ2) is 4.56. The van der Waals surface area contributed by atoms with Crippen molar-refractivity contribution < 1.29 is 35.3 Å². The summed E-state index contributed by atoms with van der Waals surface area (Å²) >= 11 is 3.09. The van der Waals surface area contributed by atoms with E-state index in [-0.39, 0.29) is 31.6 Å². The van der Waals surface area contributed by atoms with Gasteiger partial charge < -0.3 is 11.6 Å². The van der Waals surface area contributed by atoms with Gasteiger partial charge >= 0.3 is 24.8 Å². The minimum Gasteiger partial charge on any atom is -1.00 e. The first-order valence-corrected chi connectivity index (χ1v) is 3.62. The van der Waals surface area contributed by atoms with Crippen LogP contribution in [0.3, 0.4) is 0 Å². The number of carboxylic acids is 1. The maximum atomic E-state index is 10.4. The zero-order valence-corrected chi connectivity index (χ0v) is 8.00. The number of carbonyl (C=O) groups is 1. The van der Waals surface area contributed by atoms with E-state index in [1.807, 2.05) is 0 Å². The Morgan fingerprint density at radius 1 is 1.50 bits per heavy atom. The van der Waals surface area contributed by atoms with Gasteiger partial charge in [-0.3, -0.25) is 0 Å². The topological polar surface area (TPSA) is 57.5 Å². The van der Waals surface area contributed by atoms with Crippen LogP contribution in [0.1, 0.15) is 11.8 Å². The van der Waals surface area contributed by atoms with Gasteiger partial charge in [0.25, 0.3) is 0 Å². The normalized spacial score (nSPS) is 8.75. The van der Waals surface area contributed by atoms with Gasteiger partial charge in [0.15, 0.2) is 0 Å². The van der Waals surface area contributed by atoms with Crippen LogP contribution in [-0.2, 0) is 0 Å². The number of hydrogen-bond donors (Lipinski definition) is 2. The Balaban J connectivity index is 0. The summed E-state index contributed by atoms with van der Waals surface area (Å²) in [6.07, 6.45) is 0. The molecular weight excluding hydrogens is 219 g/mol. The zero-order chi connectivity index (χ0) is 8.43. The second-order valence-corrected chi connectivity index (χ2v) is 2.88. The molecule has 0 saturated heterocycles. The Morgan fingerprint density at radius 2 is 2.08 bits per heavy atom. The van der Waals surface area contributed by atoms with Crippen LogP contribution in [0.2, 0.25) is 0 Å². The Bertz CT molecular complexity index is 306. The van der Waals surface area contributed by atoms with Crippen LogP contribution in [0, 0.1) is 0 Å². The second-order valence-electron chi connectivity index (χ2n) is 1.97. The van der Waals surface area contributed by atoms with Crippen molar-refractivity contribution in [1.82, 2.24) is 0 Å². The Hall–Kier alpha value is -0.433. The van der Waals surface area contributed by atoms with Gasteiger partial charge in [0.05, 0.1) is 0 Å². The van der Waals surface area contributed by atoms with Gasteiger partial charge in [0.2, 0.25) is 0 Å². The van der Waals surface area contributed by atoms with Crippen molar-refractivity contribution >= 4 is 21.9 Å². The quantitative estimate of drug-likeness (QED) is 0.601. The van der Waals surface area contributed by atoms with Crippen LogP contribution >= 0.6 is 15.9 Å². The van der Waals surface area contributed by atoms with E-state index in [1.54, 1.807) is 6.07 Å². The molecule has 5 heteroatoms. The van der Waals surface area contributed by atoms with E-state index in [4.69, 9.17) is 10.2 Å². The van der Waals surface area contributed by atoms with Crippen molar-refractivity contribution in [3.8, 4) is 5.75 Å². The molecule has 0 amide bonds. The van der Waals surface area contributed by atoms with Gasteiger partial charge in [-0.1, -0.05) is 15.9 Å². The predicted molar refractivity (Wildman–Crippen MR) is 43.9 cm³/mol. The minimum absolute atomic E-state index is 0. The molecule has 1 rings (SSSR count). The standard InChI is InChI=1S/C7H5BrO3.Li.H/c8-4-1-2-6(9)5(3-4)7(10)11;;/h1-3,9H,(H,10,11);;/q;+1;-1. The zero-order valence-electron chi connectivity index (χ0n) is 7.41. The van der Waals surface area contributed by atoms with Crippen LogP contribution in [0.4, 0.5) is 0 Å². The third kappa shape index (κ3) is 2.56. The van der Waals surface area contributed by atoms with Crippen LogP contribution < -0.4 is 18.9 Å². The predicted octanol–water partition coefficient (Wildman–Crippen LogP) is -1.03. The molecule has 0 spiro atoms. The van der Waals surface area contributed by atoms with Gasteiger partial charge in [-0.05, 0) is 18.2 Å². The average molecular weight is 225 g/mol. The molecule has 2 N–H and O–H groups in total. The number of benzene rings is 1. The van der Waals surface area contributed by atoms with Crippen molar-refractivity contribution in [3.05, 3.63) is 28.2 Å². The van der Waals surface area contributed by atoms with Gasteiger partial charge in [0, 0.05) is 4.47 Å². The third-order valence-electron chi connectivity index (χ3n) is 1.19. The number of phenols is 1. The molecule has 0 unspecified atom stereocenters. The van der Waals surface area contributed by atoms with E-state index >= 15 is 0 Å². The van der Waals surface area contributed by atoms with Crippen molar-refractivity contribution in [2.75, 3.05) is 0 Å². The van der Waals surface area contributed by atoms with Crippen molar-refractivity contribution in [2.45, 2.75) is 0 Å². The van der Waals surface area contributed by atoms with E-state index in [0.717, 1.165) is 0 Å². The number of aromatic hydroxyl groups is 1.